The standard InChI is InChI=1S/C11H14ClN3O4S/c12-10-2-1-9(7-11(10)15(16)17)20(18,19)14-8-3-5-13-6-4-8/h1-2,7-8,13-14H,3-6H2. The van der Waals surface area contributed by atoms with Gasteiger partial charge >= 0.3 is 0 Å². The summed E-state index contributed by atoms with van der Waals surface area (Å²) in [4.78, 5) is 9.94. The van der Waals surface area contributed by atoms with E-state index in [9.17, 15) is 18.5 Å². The summed E-state index contributed by atoms with van der Waals surface area (Å²) in [6.07, 6.45) is 1.38. The van der Waals surface area contributed by atoms with Crippen molar-refractivity contribution in [3.8, 4) is 0 Å². The second kappa shape index (κ2) is 6.04. The molecule has 0 radical (unpaired) electrons. The molecule has 1 saturated heterocycles. The van der Waals surface area contributed by atoms with Crippen LogP contribution in [0.3, 0.4) is 0 Å². The van der Waals surface area contributed by atoms with E-state index in [4.69, 9.17) is 11.6 Å². The van der Waals surface area contributed by atoms with Gasteiger partial charge in [-0.2, -0.15) is 0 Å². The SMILES string of the molecule is O=[N+]([O-])c1cc(S(=O)(=O)NC2CCNCC2)ccc1Cl. The number of hydrogen-bond donors (Lipinski definition) is 2. The Balaban J connectivity index is 2.24. The highest BCUT2D eigenvalue weighted by Gasteiger charge is 2.24. The fraction of sp³-hybridized carbons (Fsp3) is 0.455. The van der Waals surface area contributed by atoms with E-state index >= 15 is 0 Å². The third-order valence-electron chi connectivity index (χ3n) is 3.09. The molecule has 0 saturated carbocycles. The van der Waals surface area contributed by atoms with Gasteiger partial charge in [-0.3, -0.25) is 10.1 Å². The van der Waals surface area contributed by atoms with Gasteiger partial charge in [0.2, 0.25) is 10.0 Å². The molecule has 110 valence electrons. The normalized spacial score (nSPS) is 17.1. The van der Waals surface area contributed by atoms with Gasteiger partial charge in [-0.25, -0.2) is 13.1 Å². The number of piperidine rings is 1. The Hall–Kier alpha value is -1.22. The van der Waals surface area contributed by atoms with Crippen molar-refractivity contribution in [1.29, 1.82) is 0 Å². The van der Waals surface area contributed by atoms with Crippen molar-refractivity contribution >= 4 is 27.3 Å². The fourth-order valence-electron chi connectivity index (χ4n) is 2.03. The molecule has 2 rings (SSSR count). The van der Waals surface area contributed by atoms with Crippen LogP contribution in [-0.2, 0) is 10.0 Å². The molecule has 9 heteroatoms. The van der Waals surface area contributed by atoms with Crippen LogP contribution in [0.15, 0.2) is 23.1 Å². The zero-order valence-corrected chi connectivity index (χ0v) is 12.1. The zero-order chi connectivity index (χ0) is 14.8. The Morgan fingerprint density at radius 2 is 2.00 bits per heavy atom. The summed E-state index contributed by atoms with van der Waals surface area (Å²) >= 11 is 5.67. The second-order valence-electron chi connectivity index (χ2n) is 4.52. The quantitative estimate of drug-likeness (QED) is 0.643. The fourth-order valence-corrected chi connectivity index (χ4v) is 3.54. The van der Waals surface area contributed by atoms with Gasteiger partial charge in [0.25, 0.3) is 5.69 Å². The number of nitrogens with zero attached hydrogens (tertiary/aromatic N) is 1. The molecule has 1 aromatic carbocycles. The Labute approximate surface area is 121 Å². The monoisotopic (exact) mass is 319 g/mol. The van der Waals surface area contributed by atoms with Crippen molar-refractivity contribution in [3.63, 3.8) is 0 Å². The number of halogens is 1. The van der Waals surface area contributed by atoms with E-state index in [-0.39, 0.29) is 16.0 Å². The van der Waals surface area contributed by atoms with Gasteiger partial charge in [-0.05, 0) is 38.1 Å². The number of hydrogen-bond acceptors (Lipinski definition) is 5. The summed E-state index contributed by atoms with van der Waals surface area (Å²) in [5, 5.41) is 13.8. The van der Waals surface area contributed by atoms with E-state index in [2.05, 4.69) is 10.0 Å². The Kier molecular flexibility index (Phi) is 4.59. The molecular weight excluding hydrogens is 306 g/mol. The summed E-state index contributed by atoms with van der Waals surface area (Å²) in [5.41, 5.74) is -0.417. The van der Waals surface area contributed by atoms with Crippen molar-refractivity contribution in [2.45, 2.75) is 23.8 Å². The Morgan fingerprint density at radius 3 is 2.60 bits per heavy atom. The topological polar surface area (TPSA) is 101 Å². The highest BCUT2D eigenvalue weighted by molar-refractivity contribution is 7.89. The number of nitrogens with one attached hydrogen (secondary N) is 2. The predicted octanol–water partition coefficient (Wildman–Crippen LogP) is 1.28. The lowest BCUT2D eigenvalue weighted by molar-refractivity contribution is -0.384. The summed E-state index contributed by atoms with van der Waals surface area (Å²) < 4.78 is 26.9. The number of nitro benzene ring substituents is 1. The van der Waals surface area contributed by atoms with Crippen LogP contribution in [0, 0.1) is 10.1 Å². The minimum Gasteiger partial charge on any atom is -0.317 e. The van der Waals surface area contributed by atoms with Crippen molar-refractivity contribution < 1.29 is 13.3 Å². The number of rotatable bonds is 4. The maximum absolute atomic E-state index is 12.2. The molecule has 1 heterocycles. The van der Waals surface area contributed by atoms with Crippen LogP contribution in [0.1, 0.15) is 12.8 Å². The average molecular weight is 320 g/mol. The van der Waals surface area contributed by atoms with Crippen LogP contribution in [0.5, 0.6) is 0 Å². The highest BCUT2D eigenvalue weighted by atomic mass is 35.5. The van der Waals surface area contributed by atoms with Crippen LogP contribution in [-0.4, -0.2) is 32.5 Å². The van der Waals surface area contributed by atoms with Gasteiger partial charge in [-0.15, -0.1) is 0 Å². The van der Waals surface area contributed by atoms with Crippen LogP contribution in [0.4, 0.5) is 5.69 Å². The summed E-state index contributed by atoms with van der Waals surface area (Å²) in [5.74, 6) is 0. The van der Waals surface area contributed by atoms with Crippen molar-refractivity contribution in [3.05, 3.63) is 33.3 Å². The lowest BCUT2D eigenvalue weighted by Gasteiger charge is -2.23. The molecule has 1 aliphatic rings. The summed E-state index contributed by atoms with van der Waals surface area (Å²) in [6.45, 7) is 1.49. The first-order valence-electron chi connectivity index (χ1n) is 6.07. The first-order valence-corrected chi connectivity index (χ1v) is 7.93. The van der Waals surface area contributed by atoms with Crippen LogP contribution < -0.4 is 10.0 Å². The molecule has 0 aromatic heterocycles. The molecule has 7 nitrogen and oxygen atoms in total. The van der Waals surface area contributed by atoms with Gasteiger partial charge in [0.15, 0.2) is 0 Å². The van der Waals surface area contributed by atoms with E-state index in [0.717, 1.165) is 19.2 Å². The minimum absolute atomic E-state index is 0.0872. The van der Waals surface area contributed by atoms with Gasteiger partial charge in [0, 0.05) is 12.1 Å². The van der Waals surface area contributed by atoms with Crippen LogP contribution in [0.25, 0.3) is 0 Å². The number of sulfonamides is 1. The first kappa shape index (κ1) is 15.2. The van der Waals surface area contributed by atoms with Crippen LogP contribution >= 0.6 is 11.6 Å². The van der Waals surface area contributed by atoms with E-state index in [1.165, 1.54) is 12.1 Å². The van der Waals surface area contributed by atoms with E-state index in [1.54, 1.807) is 0 Å². The maximum Gasteiger partial charge on any atom is 0.289 e. The lowest BCUT2D eigenvalue weighted by atomic mass is 10.1. The molecule has 1 aliphatic heterocycles. The molecule has 0 bridgehead atoms. The molecule has 0 atom stereocenters. The molecule has 0 amide bonds. The average Bonchev–Trinajstić information content (AvgIpc) is 2.39. The highest BCUT2D eigenvalue weighted by Crippen LogP contribution is 2.27. The maximum atomic E-state index is 12.2. The number of nitro groups is 1. The Bertz CT molecular complexity index is 614. The molecule has 1 aromatic rings. The number of benzene rings is 1. The molecule has 0 aliphatic carbocycles. The molecule has 2 N–H and O–H groups in total. The van der Waals surface area contributed by atoms with Crippen molar-refractivity contribution in [1.82, 2.24) is 10.0 Å². The molecule has 0 unspecified atom stereocenters. The van der Waals surface area contributed by atoms with E-state index in [0.29, 0.717) is 12.8 Å². The lowest BCUT2D eigenvalue weighted by Crippen LogP contribution is -2.42. The van der Waals surface area contributed by atoms with Gasteiger partial charge in [0.05, 0.1) is 9.82 Å². The van der Waals surface area contributed by atoms with E-state index in [1.807, 2.05) is 0 Å². The molecule has 20 heavy (non-hydrogen) atoms. The van der Waals surface area contributed by atoms with Gasteiger partial charge in [-0.1, -0.05) is 11.6 Å². The zero-order valence-electron chi connectivity index (χ0n) is 10.5. The smallest absolute Gasteiger partial charge is 0.289 e. The molecular formula is C11H14ClN3O4S. The third-order valence-corrected chi connectivity index (χ3v) is 4.92. The summed E-state index contributed by atoms with van der Waals surface area (Å²) in [7, 11) is -3.77. The third kappa shape index (κ3) is 3.45. The second-order valence-corrected chi connectivity index (χ2v) is 6.64. The van der Waals surface area contributed by atoms with Crippen molar-refractivity contribution in [2.24, 2.45) is 0 Å². The summed E-state index contributed by atoms with van der Waals surface area (Å²) in [6, 6.07) is 3.30. The largest absolute Gasteiger partial charge is 0.317 e. The van der Waals surface area contributed by atoms with E-state index < -0.39 is 20.6 Å². The first-order chi connectivity index (χ1) is 9.40. The van der Waals surface area contributed by atoms with Gasteiger partial charge < -0.3 is 5.32 Å². The van der Waals surface area contributed by atoms with Gasteiger partial charge in [0.1, 0.15) is 5.02 Å². The molecule has 1 fully saturated rings. The predicted molar refractivity (Wildman–Crippen MR) is 74.3 cm³/mol. The van der Waals surface area contributed by atoms with Crippen LogP contribution in [0.2, 0.25) is 5.02 Å². The van der Waals surface area contributed by atoms with Crippen molar-refractivity contribution in [2.75, 3.05) is 13.1 Å². The Morgan fingerprint density at radius 1 is 1.35 bits per heavy atom. The minimum atomic E-state index is -3.77. The molecule has 0 spiro atoms.